The molecule has 1 radical (unpaired) electrons. The Hall–Kier alpha value is -4.79. The third-order valence-electron chi connectivity index (χ3n) is 6.34. The first kappa shape index (κ1) is 28.2. The molecule has 40 heavy (non-hydrogen) atoms. The first-order valence-corrected chi connectivity index (χ1v) is 12.9. The molecule has 0 aliphatic carbocycles. The summed E-state index contributed by atoms with van der Waals surface area (Å²) in [6.07, 6.45) is 2.28. The molecule has 2 amide bonds. The van der Waals surface area contributed by atoms with Crippen LogP contribution in [-0.4, -0.2) is 49.0 Å². The second-order valence-electron chi connectivity index (χ2n) is 9.33. The number of nitrogens with one attached hydrogen (secondary N) is 1. The third-order valence-corrected chi connectivity index (χ3v) is 6.34. The van der Waals surface area contributed by atoms with Crippen molar-refractivity contribution in [3.63, 3.8) is 0 Å². The van der Waals surface area contributed by atoms with Gasteiger partial charge in [0.2, 0.25) is 5.91 Å². The maximum absolute atomic E-state index is 13.0. The second-order valence-corrected chi connectivity index (χ2v) is 9.33. The van der Waals surface area contributed by atoms with E-state index in [2.05, 4.69) is 10.6 Å². The van der Waals surface area contributed by atoms with Gasteiger partial charge in [0.25, 0.3) is 5.91 Å². The second kappa shape index (κ2) is 13.3. The minimum atomic E-state index is -0.419. The number of ether oxygens (including phenoxy) is 3. The van der Waals surface area contributed by atoms with Crippen molar-refractivity contribution < 1.29 is 28.6 Å². The molecule has 1 atom stereocenters. The summed E-state index contributed by atoms with van der Waals surface area (Å²) in [5.41, 5.74) is 3.72. The van der Waals surface area contributed by atoms with E-state index in [1.165, 1.54) is 13.8 Å². The number of fused-ring (bicyclic) bond motifs is 1. The number of benzene rings is 3. The highest BCUT2D eigenvalue weighted by Crippen LogP contribution is 2.33. The van der Waals surface area contributed by atoms with Gasteiger partial charge in [-0.15, -0.1) is 0 Å². The molecular weight excluding hydrogens is 510 g/mol. The normalized spacial score (nSPS) is 12.3. The Labute approximate surface area is 233 Å². The molecule has 1 aliphatic rings. The minimum absolute atomic E-state index is 0.125. The van der Waals surface area contributed by atoms with Gasteiger partial charge in [-0.2, -0.15) is 0 Å². The number of amides is 2. The maximum Gasteiger partial charge on any atom is 0.308 e. The Balaban J connectivity index is 1.46. The van der Waals surface area contributed by atoms with Crippen molar-refractivity contribution >= 4 is 29.0 Å². The number of nitrogens with zero attached hydrogens (tertiary/aromatic N) is 2. The molecule has 3 aromatic carbocycles. The lowest BCUT2D eigenvalue weighted by Crippen LogP contribution is -2.46. The van der Waals surface area contributed by atoms with Crippen LogP contribution in [-0.2, 0) is 20.9 Å². The summed E-state index contributed by atoms with van der Waals surface area (Å²) >= 11 is 0. The molecule has 0 fully saturated rings. The van der Waals surface area contributed by atoms with Crippen LogP contribution >= 0.6 is 0 Å². The van der Waals surface area contributed by atoms with E-state index >= 15 is 0 Å². The van der Waals surface area contributed by atoms with Crippen LogP contribution in [0, 0.1) is 0 Å². The van der Waals surface area contributed by atoms with E-state index in [-0.39, 0.29) is 25.0 Å². The largest absolute Gasteiger partial charge is 0.496 e. The lowest BCUT2D eigenvalue weighted by atomic mass is 9.99. The van der Waals surface area contributed by atoms with Crippen LogP contribution in [0.4, 0.5) is 5.69 Å². The molecule has 1 heterocycles. The lowest BCUT2D eigenvalue weighted by Gasteiger charge is -2.28. The summed E-state index contributed by atoms with van der Waals surface area (Å²) in [6.45, 7) is 3.21. The zero-order valence-corrected chi connectivity index (χ0v) is 22.8. The lowest BCUT2D eigenvalue weighted by molar-refractivity contribution is -0.132. The smallest absolute Gasteiger partial charge is 0.308 e. The highest BCUT2D eigenvalue weighted by atomic mass is 16.5. The molecule has 4 rings (SSSR count). The zero-order valence-electron chi connectivity index (χ0n) is 22.8. The van der Waals surface area contributed by atoms with Crippen molar-refractivity contribution in [1.82, 2.24) is 15.5 Å². The molecule has 0 saturated heterocycles. The van der Waals surface area contributed by atoms with Gasteiger partial charge in [-0.1, -0.05) is 36.4 Å². The van der Waals surface area contributed by atoms with Crippen LogP contribution in [0.5, 0.6) is 17.2 Å². The van der Waals surface area contributed by atoms with E-state index in [0.717, 1.165) is 22.4 Å². The predicted octanol–water partition coefficient (Wildman–Crippen LogP) is 4.21. The van der Waals surface area contributed by atoms with E-state index < -0.39 is 12.0 Å². The van der Waals surface area contributed by atoms with Crippen molar-refractivity contribution in [2.75, 3.05) is 20.3 Å². The van der Waals surface area contributed by atoms with Crippen LogP contribution in [0.15, 0.2) is 79.0 Å². The van der Waals surface area contributed by atoms with Gasteiger partial charge >= 0.3 is 5.97 Å². The molecule has 3 aromatic rings. The molecule has 0 bridgehead atoms. The molecule has 1 unspecified atom stereocenters. The number of carbonyl (C=O) groups excluding carboxylic acids is 3. The van der Waals surface area contributed by atoms with Gasteiger partial charge in [0.15, 0.2) is 6.61 Å². The molecule has 1 aliphatic heterocycles. The van der Waals surface area contributed by atoms with E-state index in [9.17, 15) is 14.4 Å². The van der Waals surface area contributed by atoms with Crippen molar-refractivity contribution in [3.05, 3.63) is 90.1 Å². The fourth-order valence-electron chi connectivity index (χ4n) is 4.46. The fourth-order valence-corrected chi connectivity index (χ4v) is 4.46. The van der Waals surface area contributed by atoms with E-state index in [1.54, 1.807) is 36.3 Å². The van der Waals surface area contributed by atoms with E-state index in [0.29, 0.717) is 30.2 Å². The SMILES string of the molecule is COc1ccccc1CN(CC(CC1=C[N]c2ccccc21)NC(=O)COc1ccc(OC(C)=O)cc1)C(C)=O. The fraction of sp³-hybridized carbons (Fsp3) is 0.258. The Morgan fingerprint density at radius 3 is 2.35 bits per heavy atom. The molecular formula is C31H32N3O6. The number of para-hydroxylation sites is 2. The highest BCUT2D eigenvalue weighted by molar-refractivity contribution is 5.81. The third kappa shape index (κ3) is 7.63. The van der Waals surface area contributed by atoms with Gasteiger partial charge in [-0.05, 0) is 48.4 Å². The first-order valence-electron chi connectivity index (χ1n) is 12.9. The van der Waals surface area contributed by atoms with Crippen molar-refractivity contribution in [2.45, 2.75) is 32.9 Å². The molecule has 1 N–H and O–H groups in total. The molecule has 9 heteroatoms. The Kier molecular flexibility index (Phi) is 9.40. The summed E-state index contributed by atoms with van der Waals surface area (Å²) in [6, 6.07) is 21.4. The zero-order chi connectivity index (χ0) is 28.5. The standard InChI is InChI=1S/C31H32N3O6/c1-21(35)34(18-23-8-4-7-11-30(23)38-3)19-25(16-24-17-32-29-10-6-5-9-28(24)29)33-31(37)20-39-26-12-14-27(15-13-26)40-22(2)36/h4-15,17,25H,16,18-20H2,1-3H3,(H,33,37). The number of hydrogen-bond acceptors (Lipinski definition) is 6. The number of carbonyl (C=O) groups is 3. The van der Waals surface area contributed by atoms with Gasteiger partial charge in [-0.25, -0.2) is 0 Å². The quantitative estimate of drug-likeness (QED) is 0.271. The minimum Gasteiger partial charge on any atom is -0.496 e. The molecule has 207 valence electrons. The molecule has 9 nitrogen and oxygen atoms in total. The monoisotopic (exact) mass is 542 g/mol. The van der Waals surface area contributed by atoms with Crippen LogP contribution in [0.1, 0.15) is 31.4 Å². The number of methoxy groups -OCH3 is 1. The van der Waals surface area contributed by atoms with E-state index in [1.807, 2.05) is 54.7 Å². The van der Waals surface area contributed by atoms with Gasteiger partial charge in [0.05, 0.1) is 18.8 Å². The van der Waals surface area contributed by atoms with Crippen molar-refractivity contribution in [3.8, 4) is 17.2 Å². The Morgan fingerprint density at radius 1 is 0.925 bits per heavy atom. The van der Waals surface area contributed by atoms with Crippen LogP contribution in [0.3, 0.4) is 0 Å². The average molecular weight is 543 g/mol. The first-order chi connectivity index (χ1) is 19.3. The summed E-state index contributed by atoms with van der Waals surface area (Å²) in [5, 5.41) is 7.53. The van der Waals surface area contributed by atoms with Crippen LogP contribution in [0.2, 0.25) is 0 Å². The van der Waals surface area contributed by atoms with E-state index in [4.69, 9.17) is 14.2 Å². The topological polar surface area (TPSA) is 108 Å². The summed E-state index contributed by atoms with van der Waals surface area (Å²) in [7, 11) is 1.59. The van der Waals surface area contributed by atoms with Crippen molar-refractivity contribution in [1.29, 1.82) is 0 Å². The number of rotatable bonds is 12. The average Bonchev–Trinajstić information content (AvgIpc) is 3.34. The molecule has 0 aromatic heterocycles. The predicted molar refractivity (Wildman–Crippen MR) is 150 cm³/mol. The molecule has 0 spiro atoms. The molecule has 0 saturated carbocycles. The van der Waals surface area contributed by atoms with Gasteiger partial charge in [-0.3, -0.25) is 19.7 Å². The van der Waals surface area contributed by atoms with Gasteiger partial charge in [0.1, 0.15) is 17.2 Å². The summed E-state index contributed by atoms with van der Waals surface area (Å²) in [5.74, 6) is 0.652. The Morgan fingerprint density at radius 2 is 1.62 bits per heavy atom. The number of esters is 1. The highest BCUT2D eigenvalue weighted by Gasteiger charge is 2.24. The number of hydrogen-bond donors (Lipinski definition) is 1. The summed E-state index contributed by atoms with van der Waals surface area (Å²) < 4.78 is 16.1. The Bertz CT molecular complexity index is 1390. The summed E-state index contributed by atoms with van der Waals surface area (Å²) in [4.78, 5) is 38.5. The van der Waals surface area contributed by atoms with Crippen molar-refractivity contribution in [2.24, 2.45) is 0 Å². The van der Waals surface area contributed by atoms with Crippen LogP contribution < -0.4 is 24.8 Å². The maximum atomic E-state index is 13.0. The van der Waals surface area contributed by atoms with Crippen LogP contribution in [0.25, 0.3) is 5.57 Å². The van der Waals surface area contributed by atoms with Gasteiger partial charge < -0.3 is 24.4 Å². The van der Waals surface area contributed by atoms with Gasteiger partial charge in [0, 0.05) is 44.3 Å².